The minimum absolute atomic E-state index is 0.109. The van der Waals surface area contributed by atoms with E-state index in [1.54, 1.807) is 0 Å². The van der Waals surface area contributed by atoms with Crippen molar-refractivity contribution < 1.29 is 26.7 Å². The molecule has 21 heavy (non-hydrogen) atoms. The molecule has 0 fully saturated rings. The van der Waals surface area contributed by atoms with Crippen LogP contribution in [-0.4, -0.2) is 51.1 Å². The van der Waals surface area contributed by atoms with Gasteiger partial charge in [0, 0.05) is 7.05 Å². The Hall–Kier alpha value is -1.45. The van der Waals surface area contributed by atoms with Gasteiger partial charge in [0.05, 0.1) is 15.5 Å². The van der Waals surface area contributed by atoms with Gasteiger partial charge in [-0.05, 0) is 25.1 Å². The zero-order valence-corrected chi connectivity index (χ0v) is 13.5. The van der Waals surface area contributed by atoms with E-state index in [9.17, 15) is 21.6 Å². The molecule has 0 amide bonds. The summed E-state index contributed by atoms with van der Waals surface area (Å²) in [7, 11) is -6.49. The highest BCUT2D eigenvalue weighted by atomic mass is 32.2. The van der Waals surface area contributed by atoms with E-state index in [2.05, 4.69) is 0 Å². The van der Waals surface area contributed by atoms with E-state index in [4.69, 9.17) is 5.11 Å². The SMILES string of the molecule is CCS(=O)(=O)c1cccc(S(=O)(=O)N(C)C(C)C(=O)O)c1. The lowest BCUT2D eigenvalue weighted by atomic mass is 10.4. The van der Waals surface area contributed by atoms with E-state index < -0.39 is 31.9 Å². The number of hydrogen-bond acceptors (Lipinski definition) is 5. The lowest BCUT2D eigenvalue weighted by Gasteiger charge is -2.21. The zero-order valence-electron chi connectivity index (χ0n) is 11.8. The normalized spacial score (nSPS) is 14.1. The number of aliphatic carboxylic acids is 1. The summed E-state index contributed by atoms with van der Waals surface area (Å²) in [5.74, 6) is -1.45. The van der Waals surface area contributed by atoms with Crippen LogP contribution in [0.25, 0.3) is 0 Å². The molecule has 118 valence electrons. The molecule has 0 saturated carbocycles. The molecule has 0 heterocycles. The topological polar surface area (TPSA) is 109 Å². The summed E-state index contributed by atoms with van der Waals surface area (Å²) in [4.78, 5) is 10.5. The number of carboxylic acid groups (broad SMARTS) is 1. The zero-order chi connectivity index (χ0) is 16.4. The summed E-state index contributed by atoms with van der Waals surface area (Å²) in [6.07, 6.45) is 0. The van der Waals surface area contributed by atoms with Crippen molar-refractivity contribution in [3.8, 4) is 0 Å². The van der Waals surface area contributed by atoms with Crippen molar-refractivity contribution in [3.05, 3.63) is 24.3 Å². The van der Waals surface area contributed by atoms with Crippen LogP contribution in [0.15, 0.2) is 34.1 Å². The predicted molar refractivity (Wildman–Crippen MR) is 76.2 cm³/mol. The number of carbonyl (C=O) groups is 1. The van der Waals surface area contributed by atoms with Crippen molar-refractivity contribution in [1.82, 2.24) is 4.31 Å². The van der Waals surface area contributed by atoms with Crippen LogP contribution in [0.5, 0.6) is 0 Å². The van der Waals surface area contributed by atoms with Crippen LogP contribution < -0.4 is 0 Å². The Morgan fingerprint density at radius 2 is 1.76 bits per heavy atom. The maximum Gasteiger partial charge on any atom is 0.321 e. The fourth-order valence-electron chi connectivity index (χ4n) is 1.52. The van der Waals surface area contributed by atoms with Gasteiger partial charge in [0.25, 0.3) is 0 Å². The molecule has 1 unspecified atom stereocenters. The number of nitrogens with zero attached hydrogens (tertiary/aromatic N) is 1. The molecule has 0 aliphatic heterocycles. The molecule has 1 atom stereocenters. The Labute approximate surface area is 124 Å². The highest BCUT2D eigenvalue weighted by Crippen LogP contribution is 2.21. The maximum atomic E-state index is 12.3. The molecule has 7 nitrogen and oxygen atoms in total. The number of sulfone groups is 1. The summed E-state index contributed by atoms with van der Waals surface area (Å²) in [6, 6.07) is 3.63. The molecule has 0 saturated heterocycles. The fraction of sp³-hybridized carbons (Fsp3) is 0.417. The highest BCUT2D eigenvalue weighted by molar-refractivity contribution is 7.91. The molecule has 1 rings (SSSR count). The second-order valence-corrected chi connectivity index (χ2v) is 8.69. The highest BCUT2D eigenvalue weighted by Gasteiger charge is 2.30. The van der Waals surface area contributed by atoms with E-state index >= 15 is 0 Å². The van der Waals surface area contributed by atoms with Crippen LogP contribution in [0.1, 0.15) is 13.8 Å². The molecular formula is C12H17NO6S2. The van der Waals surface area contributed by atoms with E-state index in [0.29, 0.717) is 4.31 Å². The van der Waals surface area contributed by atoms with Gasteiger partial charge in [0.2, 0.25) is 10.0 Å². The third-order valence-corrected chi connectivity index (χ3v) is 6.78. The molecule has 0 radical (unpaired) electrons. The number of carboxylic acids is 1. The Morgan fingerprint density at radius 1 is 1.24 bits per heavy atom. The Kier molecular flexibility index (Phi) is 5.13. The minimum atomic E-state index is -4.09. The van der Waals surface area contributed by atoms with E-state index in [1.165, 1.54) is 32.0 Å². The lowest BCUT2D eigenvalue weighted by molar-refractivity contribution is -0.140. The largest absolute Gasteiger partial charge is 0.480 e. The van der Waals surface area contributed by atoms with Crippen molar-refractivity contribution in [1.29, 1.82) is 0 Å². The monoisotopic (exact) mass is 335 g/mol. The first kappa shape index (κ1) is 17.6. The summed E-state index contributed by atoms with van der Waals surface area (Å²) in [6.45, 7) is 2.68. The van der Waals surface area contributed by atoms with Gasteiger partial charge in [0.15, 0.2) is 9.84 Å². The standard InChI is InChI=1S/C12H17NO6S2/c1-4-20(16,17)10-6-5-7-11(8-10)21(18,19)13(3)9(2)12(14)15/h5-9H,4H2,1-3H3,(H,14,15). The van der Waals surface area contributed by atoms with Crippen molar-refractivity contribution in [2.75, 3.05) is 12.8 Å². The first-order valence-electron chi connectivity index (χ1n) is 6.07. The van der Waals surface area contributed by atoms with Crippen molar-refractivity contribution in [2.45, 2.75) is 29.7 Å². The van der Waals surface area contributed by atoms with Crippen molar-refractivity contribution in [2.24, 2.45) is 0 Å². The number of likely N-dealkylation sites (N-methyl/N-ethyl adjacent to an activating group) is 1. The molecule has 0 spiro atoms. The van der Waals surface area contributed by atoms with Crippen LogP contribution in [0.4, 0.5) is 0 Å². The van der Waals surface area contributed by atoms with E-state index in [-0.39, 0.29) is 15.5 Å². The van der Waals surface area contributed by atoms with Gasteiger partial charge in [-0.1, -0.05) is 13.0 Å². The van der Waals surface area contributed by atoms with Gasteiger partial charge >= 0.3 is 5.97 Å². The molecule has 1 aromatic carbocycles. The van der Waals surface area contributed by atoms with Crippen LogP contribution in [0.2, 0.25) is 0 Å². The van der Waals surface area contributed by atoms with Gasteiger partial charge in [-0.3, -0.25) is 4.79 Å². The van der Waals surface area contributed by atoms with Crippen LogP contribution >= 0.6 is 0 Å². The summed E-state index contributed by atoms with van der Waals surface area (Å²) in [5, 5.41) is 8.88. The molecule has 9 heteroatoms. The first-order chi connectivity index (χ1) is 9.54. The number of rotatable bonds is 6. The van der Waals surface area contributed by atoms with Gasteiger partial charge in [-0.2, -0.15) is 4.31 Å². The molecular weight excluding hydrogens is 318 g/mol. The van der Waals surface area contributed by atoms with Gasteiger partial charge in [-0.15, -0.1) is 0 Å². The summed E-state index contributed by atoms with van der Waals surface area (Å²) < 4.78 is 48.9. The fourth-order valence-corrected chi connectivity index (χ4v) is 3.89. The molecule has 0 bridgehead atoms. The van der Waals surface area contributed by atoms with Crippen LogP contribution in [0, 0.1) is 0 Å². The second-order valence-electron chi connectivity index (χ2n) is 4.41. The van der Waals surface area contributed by atoms with Crippen molar-refractivity contribution in [3.63, 3.8) is 0 Å². The smallest absolute Gasteiger partial charge is 0.321 e. The maximum absolute atomic E-state index is 12.3. The Balaban J connectivity index is 3.34. The molecule has 0 aliphatic rings. The molecule has 1 aromatic rings. The van der Waals surface area contributed by atoms with Crippen molar-refractivity contribution >= 4 is 25.8 Å². The molecule has 0 aliphatic carbocycles. The third kappa shape index (κ3) is 3.60. The van der Waals surface area contributed by atoms with Gasteiger partial charge in [0.1, 0.15) is 6.04 Å². The van der Waals surface area contributed by atoms with E-state index in [0.717, 1.165) is 13.1 Å². The Bertz CT molecular complexity index is 739. The number of hydrogen-bond donors (Lipinski definition) is 1. The minimum Gasteiger partial charge on any atom is -0.480 e. The average Bonchev–Trinajstić information content (AvgIpc) is 2.45. The number of sulfonamides is 1. The quantitative estimate of drug-likeness (QED) is 0.814. The summed E-state index contributed by atoms with van der Waals surface area (Å²) in [5.41, 5.74) is 0. The van der Waals surface area contributed by atoms with Crippen LogP contribution in [-0.2, 0) is 24.7 Å². The summed E-state index contributed by atoms with van der Waals surface area (Å²) >= 11 is 0. The molecule has 1 N–H and O–H groups in total. The molecule has 0 aromatic heterocycles. The Morgan fingerprint density at radius 3 is 2.24 bits per heavy atom. The third-order valence-electron chi connectivity index (χ3n) is 3.12. The first-order valence-corrected chi connectivity index (χ1v) is 9.17. The average molecular weight is 335 g/mol. The van der Waals surface area contributed by atoms with E-state index in [1.807, 2.05) is 0 Å². The van der Waals surface area contributed by atoms with Crippen LogP contribution in [0.3, 0.4) is 0 Å². The number of benzene rings is 1. The van der Waals surface area contributed by atoms with Gasteiger partial charge in [-0.25, -0.2) is 16.8 Å². The predicted octanol–water partition coefficient (Wildman–Crippen LogP) is 0.574. The lowest BCUT2D eigenvalue weighted by Crippen LogP contribution is -2.40. The second kappa shape index (κ2) is 6.12. The van der Waals surface area contributed by atoms with Gasteiger partial charge < -0.3 is 5.11 Å².